The van der Waals surface area contributed by atoms with Gasteiger partial charge in [-0.3, -0.25) is 10.1 Å². The highest BCUT2D eigenvalue weighted by Crippen LogP contribution is 2.26. The molecule has 0 radical (unpaired) electrons. The third-order valence-electron chi connectivity index (χ3n) is 3.44. The van der Waals surface area contributed by atoms with Crippen LogP contribution in [0.15, 0.2) is 54.6 Å². The standard InChI is InChI=1S/C18H17N3O2S/c1-12-8-6-7-11-15(12)23-13(2)16(22)19-18-21-20-17(24-18)14-9-4-3-5-10-14/h3-11,13H,1-2H3,(H,19,21,22). The summed E-state index contributed by atoms with van der Waals surface area (Å²) in [5.74, 6) is 0.441. The largest absolute Gasteiger partial charge is 0.481 e. The molecule has 1 unspecified atom stereocenters. The number of nitrogens with zero attached hydrogens (tertiary/aromatic N) is 2. The van der Waals surface area contributed by atoms with Crippen LogP contribution in [-0.2, 0) is 4.79 Å². The van der Waals surface area contributed by atoms with Crippen molar-refractivity contribution in [1.29, 1.82) is 0 Å². The van der Waals surface area contributed by atoms with Crippen LogP contribution in [0.3, 0.4) is 0 Å². The van der Waals surface area contributed by atoms with E-state index in [4.69, 9.17) is 4.74 Å². The van der Waals surface area contributed by atoms with Crippen LogP contribution in [0, 0.1) is 6.92 Å². The van der Waals surface area contributed by atoms with Crippen molar-refractivity contribution in [2.45, 2.75) is 20.0 Å². The van der Waals surface area contributed by atoms with E-state index in [9.17, 15) is 4.79 Å². The van der Waals surface area contributed by atoms with Crippen molar-refractivity contribution >= 4 is 22.4 Å². The molecule has 0 saturated carbocycles. The van der Waals surface area contributed by atoms with Crippen LogP contribution in [0.1, 0.15) is 12.5 Å². The lowest BCUT2D eigenvalue weighted by molar-refractivity contribution is -0.122. The Bertz CT molecular complexity index is 833. The number of aromatic nitrogens is 2. The van der Waals surface area contributed by atoms with E-state index in [0.717, 1.165) is 16.1 Å². The fraction of sp³-hybridized carbons (Fsp3) is 0.167. The van der Waals surface area contributed by atoms with E-state index in [1.807, 2.05) is 61.5 Å². The maximum atomic E-state index is 12.3. The van der Waals surface area contributed by atoms with E-state index < -0.39 is 6.10 Å². The highest BCUT2D eigenvalue weighted by Gasteiger charge is 2.18. The van der Waals surface area contributed by atoms with Gasteiger partial charge in [0.05, 0.1) is 0 Å². The van der Waals surface area contributed by atoms with Crippen LogP contribution in [0.5, 0.6) is 5.75 Å². The van der Waals surface area contributed by atoms with Crippen LogP contribution in [0.25, 0.3) is 10.6 Å². The van der Waals surface area contributed by atoms with Gasteiger partial charge >= 0.3 is 0 Å². The number of hydrogen-bond acceptors (Lipinski definition) is 5. The van der Waals surface area contributed by atoms with Crippen molar-refractivity contribution < 1.29 is 9.53 Å². The summed E-state index contributed by atoms with van der Waals surface area (Å²) >= 11 is 1.33. The van der Waals surface area contributed by atoms with Gasteiger partial charge in [-0.15, -0.1) is 10.2 Å². The van der Waals surface area contributed by atoms with Crippen LogP contribution < -0.4 is 10.1 Å². The number of anilines is 1. The van der Waals surface area contributed by atoms with Gasteiger partial charge in [0.1, 0.15) is 10.8 Å². The van der Waals surface area contributed by atoms with Crippen molar-refractivity contribution in [2.75, 3.05) is 5.32 Å². The van der Waals surface area contributed by atoms with Crippen molar-refractivity contribution in [3.8, 4) is 16.3 Å². The fourth-order valence-corrected chi connectivity index (χ4v) is 2.86. The molecule has 0 aliphatic carbocycles. The van der Waals surface area contributed by atoms with Crippen LogP contribution >= 0.6 is 11.3 Å². The van der Waals surface area contributed by atoms with Gasteiger partial charge in [0, 0.05) is 5.56 Å². The fourth-order valence-electron chi connectivity index (χ4n) is 2.11. The molecular formula is C18H17N3O2S. The molecule has 1 amide bonds. The first-order valence-electron chi connectivity index (χ1n) is 7.55. The maximum Gasteiger partial charge on any atom is 0.266 e. The Morgan fingerprint density at radius 3 is 2.54 bits per heavy atom. The van der Waals surface area contributed by atoms with E-state index in [-0.39, 0.29) is 5.91 Å². The summed E-state index contributed by atoms with van der Waals surface area (Å²) in [4.78, 5) is 12.3. The molecule has 6 heteroatoms. The van der Waals surface area contributed by atoms with Gasteiger partial charge in [0.15, 0.2) is 6.10 Å². The molecule has 1 heterocycles. The lowest BCUT2D eigenvalue weighted by Crippen LogP contribution is -2.30. The number of nitrogens with one attached hydrogen (secondary N) is 1. The quantitative estimate of drug-likeness (QED) is 0.765. The number of carbonyl (C=O) groups is 1. The zero-order valence-electron chi connectivity index (χ0n) is 13.4. The van der Waals surface area contributed by atoms with E-state index in [1.165, 1.54) is 11.3 Å². The van der Waals surface area contributed by atoms with Gasteiger partial charge in [-0.25, -0.2) is 0 Å². The molecule has 1 N–H and O–H groups in total. The maximum absolute atomic E-state index is 12.3. The number of aryl methyl sites for hydroxylation is 1. The number of ether oxygens (including phenoxy) is 1. The smallest absolute Gasteiger partial charge is 0.266 e. The number of para-hydroxylation sites is 1. The number of benzene rings is 2. The molecule has 0 aliphatic heterocycles. The first kappa shape index (κ1) is 16.1. The number of rotatable bonds is 5. The Hall–Kier alpha value is -2.73. The van der Waals surface area contributed by atoms with Gasteiger partial charge in [0.25, 0.3) is 5.91 Å². The normalized spacial score (nSPS) is 11.8. The van der Waals surface area contributed by atoms with Crippen LogP contribution in [-0.4, -0.2) is 22.2 Å². The molecule has 3 rings (SSSR count). The third-order valence-corrected chi connectivity index (χ3v) is 4.33. The molecule has 0 spiro atoms. The minimum Gasteiger partial charge on any atom is -0.481 e. The minimum atomic E-state index is -0.629. The average Bonchev–Trinajstić information content (AvgIpc) is 3.06. The van der Waals surface area contributed by atoms with E-state index in [0.29, 0.717) is 10.9 Å². The second-order valence-electron chi connectivity index (χ2n) is 5.29. The first-order valence-corrected chi connectivity index (χ1v) is 8.37. The molecular weight excluding hydrogens is 322 g/mol. The summed E-state index contributed by atoms with van der Waals surface area (Å²) in [6, 6.07) is 17.3. The second kappa shape index (κ2) is 7.23. The number of carbonyl (C=O) groups excluding carboxylic acids is 1. The third kappa shape index (κ3) is 3.78. The van der Waals surface area contributed by atoms with E-state index >= 15 is 0 Å². The monoisotopic (exact) mass is 339 g/mol. The molecule has 1 atom stereocenters. The Morgan fingerprint density at radius 1 is 1.08 bits per heavy atom. The van der Waals surface area contributed by atoms with E-state index in [2.05, 4.69) is 15.5 Å². The molecule has 24 heavy (non-hydrogen) atoms. The SMILES string of the molecule is Cc1ccccc1OC(C)C(=O)Nc1nnc(-c2ccccc2)s1. The molecule has 0 aliphatic rings. The molecule has 0 saturated heterocycles. The molecule has 2 aromatic carbocycles. The molecule has 0 bridgehead atoms. The van der Waals surface area contributed by atoms with Gasteiger partial charge in [-0.1, -0.05) is 59.9 Å². The summed E-state index contributed by atoms with van der Waals surface area (Å²) in [6.07, 6.45) is -0.629. The topological polar surface area (TPSA) is 64.1 Å². The predicted octanol–water partition coefficient (Wildman–Crippen LogP) is 3.92. The summed E-state index contributed by atoms with van der Waals surface area (Å²) in [5.41, 5.74) is 1.96. The summed E-state index contributed by atoms with van der Waals surface area (Å²) in [7, 11) is 0. The molecule has 0 fully saturated rings. The van der Waals surface area contributed by atoms with Crippen molar-refractivity contribution in [1.82, 2.24) is 10.2 Å². The Kier molecular flexibility index (Phi) is 4.86. The predicted molar refractivity (Wildman–Crippen MR) is 95.2 cm³/mol. The number of hydrogen-bond donors (Lipinski definition) is 1. The Morgan fingerprint density at radius 2 is 1.79 bits per heavy atom. The van der Waals surface area contributed by atoms with Gasteiger partial charge in [0.2, 0.25) is 5.13 Å². The zero-order valence-corrected chi connectivity index (χ0v) is 14.2. The average molecular weight is 339 g/mol. The minimum absolute atomic E-state index is 0.256. The molecule has 122 valence electrons. The van der Waals surface area contributed by atoms with Crippen molar-refractivity contribution in [3.05, 3.63) is 60.2 Å². The Balaban J connectivity index is 1.65. The summed E-state index contributed by atoms with van der Waals surface area (Å²) < 4.78 is 5.71. The van der Waals surface area contributed by atoms with Crippen LogP contribution in [0.4, 0.5) is 5.13 Å². The lowest BCUT2D eigenvalue weighted by Gasteiger charge is -2.15. The van der Waals surface area contributed by atoms with Crippen molar-refractivity contribution in [2.24, 2.45) is 0 Å². The van der Waals surface area contributed by atoms with Gasteiger partial charge in [-0.05, 0) is 25.5 Å². The van der Waals surface area contributed by atoms with Crippen molar-refractivity contribution in [3.63, 3.8) is 0 Å². The van der Waals surface area contributed by atoms with Crippen LogP contribution in [0.2, 0.25) is 0 Å². The van der Waals surface area contributed by atoms with Gasteiger partial charge in [-0.2, -0.15) is 0 Å². The Labute approximate surface area is 144 Å². The molecule has 5 nitrogen and oxygen atoms in total. The second-order valence-corrected chi connectivity index (χ2v) is 6.27. The highest BCUT2D eigenvalue weighted by molar-refractivity contribution is 7.18. The summed E-state index contributed by atoms with van der Waals surface area (Å²) in [6.45, 7) is 3.65. The van der Waals surface area contributed by atoms with Gasteiger partial charge < -0.3 is 4.74 Å². The summed E-state index contributed by atoms with van der Waals surface area (Å²) in [5, 5.41) is 12.1. The molecule has 3 aromatic rings. The van der Waals surface area contributed by atoms with E-state index in [1.54, 1.807) is 6.92 Å². The zero-order chi connectivity index (χ0) is 16.9. The first-order chi connectivity index (χ1) is 11.6. The molecule has 1 aromatic heterocycles. The highest BCUT2D eigenvalue weighted by atomic mass is 32.1. The number of amides is 1. The lowest BCUT2D eigenvalue weighted by atomic mass is 10.2.